The van der Waals surface area contributed by atoms with Gasteiger partial charge in [0, 0.05) is 12.1 Å². The largest absolute Gasteiger partial charge is 0.376 e. The third kappa shape index (κ3) is 1.53. The van der Waals surface area contributed by atoms with E-state index in [1.54, 1.807) is 12.1 Å². The first kappa shape index (κ1) is 8.19. The molecule has 1 heterocycles. The number of non-ortho nitro benzene ring substituents is 1. The Bertz CT molecular complexity index is 349. The first-order valence-corrected chi connectivity index (χ1v) is 4.11. The van der Waals surface area contributed by atoms with Crippen molar-refractivity contribution >= 4 is 5.69 Å². The number of fused-ring (bicyclic) bond motifs is 1. The number of benzene rings is 1. The Kier molecular flexibility index (Phi) is 1.98. The molecule has 1 aromatic rings. The van der Waals surface area contributed by atoms with Gasteiger partial charge in [0.05, 0.1) is 18.1 Å². The highest BCUT2D eigenvalue weighted by Crippen LogP contribution is 2.21. The molecule has 0 unspecified atom stereocenters. The van der Waals surface area contributed by atoms with Crippen molar-refractivity contribution in [2.45, 2.75) is 13.0 Å². The van der Waals surface area contributed by atoms with Crippen LogP contribution in [-0.2, 0) is 17.8 Å². The Labute approximate surface area is 75.3 Å². The van der Waals surface area contributed by atoms with E-state index in [4.69, 9.17) is 4.74 Å². The lowest BCUT2D eigenvalue weighted by Crippen LogP contribution is -2.09. The summed E-state index contributed by atoms with van der Waals surface area (Å²) in [5, 5.41) is 10.5. The molecule has 0 N–H and O–H groups in total. The van der Waals surface area contributed by atoms with Gasteiger partial charge in [0.15, 0.2) is 0 Å². The molecule has 68 valence electrons. The molecule has 0 radical (unpaired) electrons. The fourth-order valence-electron chi connectivity index (χ4n) is 1.47. The third-order valence-electron chi connectivity index (χ3n) is 2.17. The quantitative estimate of drug-likeness (QED) is 0.486. The van der Waals surface area contributed by atoms with E-state index < -0.39 is 0 Å². The van der Waals surface area contributed by atoms with E-state index in [1.165, 1.54) is 0 Å². The summed E-state index contributed by atoms with van der Waals surface area (Å²) in [4.78, 5) is 10.1. The number of nitro groups is 1. The van der Waals surface area contributed by atoms with Crippen molar-refractivity contribution in [3.8, 4) is 0 Å². The molecule has 1 aromatic carbocycles. The highest BCUT2D eigenvalue weighted by molar-refractivity contribution is 5.40. The van der Waals surface area contributed by atoms with Crippen molar-refractivity contribution in [2.75, 3.05) is 6.61 Å². The Balaban J connectivity index is 2.40. The molecule has 4 nitrogen and oxygen atoms in total. The molecule has 1 aliphatic rings. The summed E-state index contributed by atoms with van der Waals surface area (Å²) in [5.74, 6) is 0. The maximum atomic E-state index is 10.5. The van der Waals surface area contributed by atoms with E-state index in [0.29, 0.717) is 13.2 Å². The van der Waals surface area contributed by atoms with Crippen LogP contribution in [-0.4, -0.2) is 11.5 Å². The van der Waals surface area contributed by atoms with Gasteiger partial charge in [-0.1, -0.05) is 6.07 Å². The molecule has 0 spiro atoms. The molecular formula is C9H9NO3. The van der Waals surface area contributed by atoms with Gasteiger partial charge in [-0.3, -0.25) is 10.1 Å². The van der Waals surface area contributed by atoms with Crippen LogP contribution in [0.5, 0.6) is 0 Å². The summed E-state index contributed by atoms with van der Waals surface area (Å²) in [6.07, 6.45) is 0.854. The van der Waals surface area contributed by atoms with Gasteiger partial charge in [0.1, 0.15) is 0 Å². The van der Waals surface area contributed by atoms with Gasteiger partial charge < -0.3 is 4.74 Å². The Morgan fingerprint density at radius 3 is 3.00 bits per heavy atom. The van der Waals surface area contributed by atoms with Gasteiger partial charge >= 0.3 is 0 Å². The average molecular weight is 179 g/mol. The summed E-state index contributed by atoms with van der Waals surface area (Å²) in [6, 6.07) is 4.95. The summed E-state index contributed by atoms with van der Waals surface area (Å²) in [7, 11) is 0. The van der Waals surface area contributed by atoms with E-state index in [1.807, 2.05) is 6.07 Å². The van der Waals surface area contributed by atoms with Gasteiger partial charge in [0.25, 0.3) is 5.69 Å². The Morgan fingerprint density at radius 1 is 1.38 bits per heavy atom. The molecule has 0 saturated heterocycles. The van der Waals surface area contributed by atoms with Crippen LogP contribution < -0.4 is 0 Å². The highest BCUT2D eigenvalue weighted by Gasteiger charge is 2.13. The lowest BCUT2D eigenvalue weighted by atomic mass is 10.0. The SMILES string of the molecule is O=[N+]([O-])c1ccc2c(c1)COCC2. The molecule has 13 heavy (non-hydrogen) atoms. The lowest BCUT2D eigenvalue weighted by molar-refractivity contribution is -0.385. The summed E-state index contributed by atoms with van der Waals surface area (Å²) >= 11 is 0. The molecule has 4 heteroatoms. The Morgan fingerprint density at radius 2 is 2.23 bits per heavy atom. The summed E-state index contributed by atoms with van der Waals surface area (Å²) in [5.41, 5.74) is 2.25. The molecule has 0 amide bonds. The highest BCUT2D eigenvalue weighted by atomic mass is 16.6. The number of hydrogen-bond donors (Lipinski definition) is 0. The van der Waals surface area contributed by atoms with E-state index in [0.717, 1.165) is 17.5 Å². The van der Waals surface area contributed by atoms with Crippen LogP contribution in [0.4, 0.5) is 5.69 Å². The zero-order chi connectivity index (χ0) is 9.26. The monoisotopic (exact) mass is 179 g/mol. The maximum absolute atomic E-state index is 10.5. The second-order valence-corrected chi connectivity index (χ2v) is 3.01. The van der Waals surface area contributed by atoms with Gasteiger partial charge in [-0.25, -0.2) is 0 Å². The number of nitrogens with zero attached hydrogens (tertiary/aromatic N) is 1. The maximum Gasteiger partial charge on any atom is 0.269 e. The zero-order valence-corrected chi connectivity index (χ0v) is 7.03. The second kappa shape index (κ2) is 3.14. The predicted octanol–water partition coefficient (Wildman–Crippen LogP) is 1.67. The van der Waals surface area contributed by atoms with Crippen molar-refractivity contribution in [1.82, 2.24) is 0 Å². The van der Waals surface area contributed by atoms with Crippen LogP contribution in [0.3, 0.4) is 0 Å². The fraction of sp³-hybridized carbons (Fsp3) is 0.333. The van der Waals surface area contributed by atoms with Gasteiger partial charge in [-0.15, -0.1) is 0 Å². The van der Waals surface area contributed by atoms with E-state index in [-0.39, 0.29) is 10.6 Å². The van der Waals surface area contributed by atoms with Crippen molar-refractivity contribution in [2.24, 2.45) is 0 Å². The van der Waals surface area contributed by atoms with Gasteiger partial charge in [-0.05, 0) is 17.5 Å². The number of hydrogen-bond acceptors (Lipinski definition) is 3. The number of nitro benzene ring substituents is 1. The third-order valence-corrected chi connectivity index (χ3v) is 2.17. The van der Waals surface area contributed by atoms with E-state index in [9.17, 15) is 10.1 Å². The van der Waals surface area contributed by atoms with Crippen molar-refractivity contribution in [3.05, 3.63) is 39.4 Å². The fourth-order valence-corrected chi connectivity index (χ4v) is 1.47. The molecule has 0 saturated carbocycles. The number of rotatable bonds is 1. The average Bonchev–Trinajstić information content (AvgIpc) is 2.17. The van der Waals surface area contributed by atoms with Crippen molar-refractivity contribution < 1.29 is 9.66 Å². The molecule has 2 rings (SSSR count). The zero-order valence-electron chi connectivity index (χ0n) is 7.03. The van der Waals surface area contributed by atoms with Crippen LogP contribution in [0.2, 0.25) is 0 Å². The normalized spacial score (nSPS) is 15.1. The summed E-state index contributed by atoms with van der Waals surface area (Å²) < 4.78 is 5.21. The van der Waals surface area contributed by atoms with Crippen LogP contribution in [0.1, 0.15) is 11.1 Å². The van der Waals surface area contributed by atoms with E-state index >= 15 is 0 Å². The number of ether oxygens (including phenoxy) is 1. The first-order chi connectivity index (χ1) is 6.27. The smallest absolute Gasteiger partial charge is 0.269 e. The molecule has 0 atom stereocenters. The molecule has 0 aliphatic carbocycles. The van der Waals surface area contributed by atoms with Gasteiger partial charge in [-0.2, -0.15) is 0 Å². The minimum absolute atomic E-state index is 0.143. The van der Waals surface area contributed by atoms with Crippen LogP contribution in [0, 0.1) is 10.1 Å². The van der Waals surface area contributed by atoms with Crippen LogP contribution in [0.25, 0.3) is 0 Å². The van der Waals surface area contributed by atoms with Crippen LogP contribution in [0.15, 0.2) is 18.2 Å². The Hall–Kier alpha value is -1.42. The standard InChI is InChI=1S/C9H9NO3/c11-10(12)9-2-1-7-3-4-13-6-8(7)5-9/h1-2,5H,3-4,6H2. The van der Waals surface area contributed by atoms with Gasteiger partial charge in [0.2, 0.25) is 0 Å². The second-order valence-electron chi connectivity index (χ2n) is 3.01. The van der Waals surface area contributed by atoms with E-state index in [2.05, 4.69) is 0 Å². The molecular weight excluding hydrogens is 170 g/mol. The molecule has 1 aliphatic heterocycles. The summed E-state index contributed by atoms with van der Waals surface area (Å²) in [6.45, 7) is 1.21. The lowest BCUT2D eigenvalue weighted by Gasteiger charge is -2.15. The van der Waals surface area contributed by atoms with Crippen molar-refractivity contribution in [3.63, 3.8) is 0 Å². The minimum Gasteiger partial charge on any atom is -0.376 e. The first-order valence-electron chi connectivity index (χ1n) is 4.11. The topological polar surface area (TPSA) is 52.4 Å². The molecule has 0 fully saturated rings. The molecule has 0 aromatic heterocycles. The minimum atomic E-state index is -0.380. The van der Waals surface area contributed by atoms with Crippen molar-refractivity contribution in [1.29, 1.82) is 0 Å². The predicted molar refractivity (Wildman–Crippen MR) is 46.5 cm³/mol. The van der Waals surface area contributed by atoms with Crippen LogP contribution >= 0.6 is 0 Å². The molecule has 0 bridgehead atoms.